The summed E-state index contributed by atoms with van der Waals surface area (Å²) < 4.78 is 13.9. The molecule has 2 rings (SSSR count). The summed E-state index contributed by atoms with van der Waals surface area (Å²) in [6.07, 6.45) is 0.118. The summed E-state index contributed by atoms with van der Waals surface area (Å²) >= 11 is 0. The van der Waals surface area contributed by atoms with Gasteiger partial charge in [-0.3, -0.25) is 14.9 Å². The lowest BCUT2D eigenvalue weighted by atomic mass is 10.1. The molecule has 0 saturated heterocycles. The summed E-state index contributed by atoms with van der Waals surface area (Å²) in [4.78, 5) is 34.6. The van der Waals surface area contributed by atoms with Crippen molar-refractivity contribution < 1.29 is 18.8 Å². The highest BCUT2D eigenvalue weighted by atomic mass is 19.1. The summed E-state index contributed by atoms with van der Waals surface area (Å²) in [5, 5.41) is 9.61. The molecule has 0 atom stereocenters. The number of carbonyl (C=O) groups is 3. The van der Waals surface area contributed by atoms with Crippen molar-refractivity contribution in [3.05, 3.63) is 59.9 Å². The zero-order valence-corrected chi connectivity index (χ0v) is 14.1. The molecule has 0 bridgehead atoms. The van der Waals surface area contributed by atoms with Gasteiger partial charge >= 0.3 is 6.03 Å². The molecule has 0 saturated carbocycles. The van der Waals surface area contributed by atoms with Crippen molar-refractivity contribution in [3.63, 3.8) is 0 Å². The Bertz CT molecular complexity index is 796. The molecule has 2 aromatic carbocycles. The average molecular weight is 358 g/mol. The fourth-order valence-electron chi connectivity index (χ4n) is 2.12. The van der Waals surface area contributed by atoms with Crippen LogP contribution < -0.4 is 21.3 Å². The van der Waals surface area contributed by atoms with E-state index in [2.05, 4.69) is 21.3 Å². The molecule has 0 fully saturated rings. The van der Waals surface area contributed by atoms with Gasteiger partial charge in [0, 0.05) is 12.7 Å². The van der Waals surface area contributed by atoms with Gasteiger partial charge in [-0.1, -0.05) is 30.3 Å². The van der Waals surface area contributed by atoms with Gasteiger partial charge in [0.2, 0.25) is 11.8 Å². The number of hydrogen-bond donors (Lipinski definition) is 4. The van der Waals surface area contributed by atoms with Gasteiger partial charge in [0.15, 0.2) is 0 Å². The Morgan fingerprint density at radius 3 is 2.42 bits per heavy atom. The highest BCUT2D eigenvalue weighted by Gasteiger charge is 2.10. The first-order valence-corrected chi connectivity index (χ1v) is 7.86. The zero-order chi connectivity index (χ0) is 18.9. The molecule has 0 aliphatic rings. The first-order chi connectivity index (χ1) is 12.5. The molecule has 2 aromatic rings. The minimum absolute atomic E-state index is 0.00244. The number of benzene rings is 2. The molecule has 8 heteroatoms. The van der Waals surface area contributed by atoms with E-state index in [1.54, 1.807) is 12.1 Å². The molecule has 0 unspecified atom stereocenters. The third-order valence-corrected chi connectivity index (χ3v) is 3.38. The Labute approximate surface area is 150 Å². The van der Waals surface area contributed by atoms with Crippen LogP contribution in [-0.2, 0) is 16.0 Å². The van der Waals surface area contributed by atoms with E-state index in [1.807, 2.05) is 18.2 Å². The molecule has 4 N–H and O–H groups in total. The third kappa shape index (κ3) is 5.90. The number of anilines is 2. The van der Waals surface area contributed by atoms with E-state index in [-0.39, 0.29) is 24.6 Å². The number of imide groups is 1. The van der Waals surface area contributed by atoms with Crippen LogP contribution in [0, 0.1) is 5.82 Å². The summed E-state index contributed by atoms with van der Waals surface area (Å²) in [6, 6.07) is 12.5. The molecule has 7 nitrogen and oxygen atoms in total. The highest BCUT2D eigenvalue weighted by molar-refractivity contribution is 5.96. The summed E-state index contributed by atoms with van der Waals surface area (Å²) in [7, 11) is 1.39. The van der Waals surface area contributed by atoms with E-state index in [0.29, 0.717) is 5.69 Å². The standard InChI is InChI=1S/C18H19FN4O3/c1-20-18(26)23-17(25)11-21-13-7-8-14(19)15(10-13)22-16(24)9-12-5-3-2-4-6-12/h2-8,10,21H,9,11H2,1H3,(H,22,24)(H2,20,23,25,26). The average Bonchev–Trinajstić information content (AvgIpc) is 2.63. The summed E-state index contributed by atoms with van der Waals surface area (Å²) in [6.45, 7) is -0.184. The van der Waals surface area contributed by atoms with Crippen LogP contribution in [-0.4, -0.2) is 31.4 Å². The fraction of sp³-hybridized carbons (Fsp3) is 0.167. The maximum absolute atomic E-state index is 13.9. The van der Waals surface area contributed by atoms with Crippen LogP contribution in [0.2, 0.25) is 0 Å². The van der Waals surface area contributed by atoms with E-state index in [0.717, 1.165) is 5.56 Å². The van der Waals surface area contributed by atoms with Crippen molar-refractivity contribution in [1.82, 2.24) is 10.6 Å². The van der Waals surface area contributed by atoms with Crippen LogP contribution in [0.15, 0.2) is 48.5 Å². The molecular weight excluding hydrogens is 339 g/mol. The predicted molar refractivity (Wildman–Crippen MR) is 96.3 cm³/mol. The number of carbonyl (C=O) groups excluding carboxylic acids is 3. The Morgan fingerprint density at radius 1 is 1.00 bits per heavy atom. The lowest BCUT2D eigenvalue weighted by Crippen LogP contribution is -2.40. The van der Waals surface area contributed by atoms with Crippen molar-refractivity contribution in [2.75, 3.05) is 24.2 Å². The fourth-order valence-corrected chi connectivity index (χ4v) is 2.12. The lowest BCUT2D eigenvalue weighted by molar-refractivity contribution is -0.118. The van der Waals surface area contributed by atoms with E-state index in [4.69, 9.17) is 0 Å². The van der Waals surface area contributed by atoms with Crippen LogP contribution in [0.1, 0.15) is 5.56 Å². The van der Waals surface area contributed by atoms with Crippen LogP contribution in [0.4, 0.5) is 20.6 Å². The normalized spacial score (nSPS) is 9.92. The third-order valence-electron chi connectivity index (χ3n) is 3.38. The van der Waals surface area contributed by atoms with Crippen LogP contribution >= 0.6 is 0 Å². The topological polar surface area (TPSA) is 99.3 Å². The van der Waals surface area contributed by atoms with Gasteiger partial charge in [0.1, 0.15) is 5.82 Å². The van der Waals surface area contributed by atoms with Crippen molar-refractivity contribution >= 4 is 29.2 Å². The Morgan fingerprint density at radius 2 is 1.73 bits per heavy atom. The van der Waals surface area contributed by atoms with Gasteiger partial charge in [0.05, 0.1) is 18.7 Å². The lowest BCUT2D eigenvalue weighted by Gasteiger charge is -2.11. The van der Waals surface area contributed by atoms with Crippen molar-refractivity contribution in [1.29, 1.82) is 0 Å². The summed E-state index contributed by atoms with van der Waals surface area (Å²) in [5.41, 5.74) is 1.24. The second-order valence-corrected chi connectivity index (χ2v) is 5.39. The minimum Gasteiger partial charge on any atom is -0.376 e. The number of hydrogen-bond acceptors (Lipinski definition) is 4. The van der Waals surface area contributed by atoms with Crippen LogP contribution in [0.5, 0.6) is 0 Å². The van der Waals surface area contributed by atoms with Gasteiger partial charge in [-0.25, -0.2) is 9.18 Å². The molecule has 0 aliphatic carbocycles. The molecule has 0 heterocycles. The SMILES string of the molecule is CNC(=O)NC(=O)CNc1ccc(F)c(NC(=O)Cc2ccccc2)c1. The Hall–Kier alpha value is -3.42. The Balaban J connectivity index is 1.95. The highest BCUT2D eigenvalue weighted by Crippen LogP contribution is 2.20. The van der Waals surface area contributed by atoms with E-state index in [9.17, 15) is 18.8 Å². The van der Waals surface area contributed by atoms with E-state index in [1.165, 1.54) is 25.2 Å². The number of nitrogens with one attached hydrogen (secondary N) is 4. The molecular formula is C18H19FN4O3. The largest absolute Gasteiger partial charge is 0.376 e. The molecule has 0 radical (unpaired) electrons. The second kappa shape index (κ2) is 9.16. The molecule has 0 aromatic heterocycles. The second-order valence-electron chi connectivity index (χ2n) is 5.39. The molecule has 4 amide bonds. The number of amides is 4. The zero-order valence-electron chi connectivity index (χ0n) is 14.1. The van der Waals surface area contributed by atoms with Crippen LogP contribution in [0.25, 0.3) is 0 Å². The van der Waals surface area contributed by atoms with Gasteiger partial charge in [-0.05, 0) is 23.8 Å². The smallest absolute Gasteiger partial charge is 0.321 e. The number of urea groups is 1. The van der Waals surface area contributed by atoms with Gasteiger partial charge in [-0.15, -0.1) is 0 Å². The van der Waals surface area contributed by atoms with Gasteiger partial charge in [-0.2, -0.15) is 0 Å². The summed E-state index contributed by atoms with van der Waals surface area (Å²) in [5.74, 6) is -1.50. The van der Waals surface area contributed by atoms with Crippen LogP contribution in [0.3, 0.4) is 0 Å². The minimum atomic E-state index is -0.621. The predicted octanol–water partition coefficient (Wildman–Crippen LogP) is 1.87. The van der Waals surface area contributed by atoms with E-state index >= 15 is 0 Å². The van der Waals surface area contributed by atoms with Crippen molar-refractivity contribution in [2.24, 2.45) is 0 Å². The Kier molecular flexibility index (Phi) is 6.67. The number of rotatable bonds is 6. The van der Waals surface area contributed by atoms with Gasteiger partial charge < -0.3 is 16.0 Å². The maximum Gasteiger partial charge on any atom is 0.321 e. The quantitative estimate of drug-likeness (QED) is 0.633. The van der Waals surface area contributed by atoms with E-state index < -0.39 is 17.8 Å². The molecule has 26 heavy (non-hydrogen) atoms. The first-order valence-electron chi connectivity index (χ1n) is 7.86. The number of halogens is 1. The first kappa shape index (κ1) is 18.9. The van der Waals surface area contributed by atoms with Gasteiger partial charge in [0.25, 0.3) is 0 Å². The maximum atomic E-state index is 13.9. The molecule has 136 valence electrons. The van der Waals surface area contributed by atoms with Crippen molar-refractivity contribution in [3.8, 4) is 0 Å². The molecule has 0 aliphatic heterocycles. The molecule has 0 spiro atoms. The van der Waals surface area contributed by atoms with Crippen molar-refractivity contribution in [2.45, 2.75) is 6.42 Å². The monoisotopic (exact) mass is 358 g/mol.